The monoisotopic (exact) mass is 256 g/mol. The van der Waals surface area contributed by atoms with Gasteiger partial charge in [0.15, 0.2) is 5.75 Å². The summed E-state index contributed by atoms with van der Waals surface area (Å²) in [5.74, 6) is 0.469. The minimum Gasteiger partial charge on any atom is -0.409 e. The molecular weight excluding hydrogens is 248 g/mol. The van der Waals surface area contributed by atoms with E-state index in [1.807, 2.05) is 0 Å². The van der Waals surface area contributed by atoms with E-state index in [-0.39, 0.29) is 6.09 Å². The van der Waals surface area contributed by atoms with Crippen LogP contribution in [-0.4, -0.2) is 29.1 Å². The minimum atomic E-state index is -0.295. The summed E-state index contributed by atoms with van der Waals surface area (Å²) in [5, 5.41) is 0. The van der Waals surface area contributed by atoms with Gasteiger partial charge in [0.25, 0.3) is 0 Å². The van der Waals surface area contributed by atoms with Crippen molar-refractivity contribution in [3.05, 3.63) is 22.9 Å². The third-order valence-electron chi connectivity index (χ3n) is 2.00. The first-order valence-electron chi connectivity index (χ1n) is 4.33. The fourth-order valence-electron chi connectivity index (χ4n) is 1.11. The molecule has 1 aliphatic rings. The van der Waals surface area contributed by atoms with Crippen LogP contribution >= 0.6 is 15.9 Å². The molecule has 1 amide bonds. The number of nitrogens with zero attached hydrogens (tertiary/aromatic N) is 2. The van der Waals surface area contributed by atoms with Gasteiger partial charge in [-0.05, 0) is 28.4 Å². The number of pyridine rings is 1. The van der Waals surface area contributed by atoms with E-state index in [1.165, 1.54) is 6.20 Å². The van der Waals surface area contributed by atoms with Gasteiger partial charge in [0.05, 0.1) is 6.20 Å². The second-order valence-electron chi connectivity index (χ2n) is 3.05. The van der Waals surface area contributed by atoms with Crippen molar-refractivity contribution < 1.29 is 9.53 Å². The number of rotatable bonds is 1. The molecule has 0 saturated carbocycles. The van der Waals surface area contributed by atoms with Gasteiger partial charge in [-0.15, -0.1) is 0 Å². The smallest absolute Gasteiger partial charge is 0.409 e. The van der Waals surface area contributed by atoms with Crippen LogP contribution in [0.1, 0.15) is 6.42 Å². The van der Waals surface area contributed by atoms with Gasteiger partial charge in [-0.2, -0.15) is 0 Å². The number of carbonyl (C=O) groups excluding carboxylic acids is 1. The second kappa shape index (κ2) is 3.96. The topological polar surface area (TPSA) is 42.4 Å². The van der Waals surface area contributed by atoms with E-state index in [2.05, 4.69) is 20.9 Å². The molecule has 2 rings (SSSR count). The molecule has 0 aromatic carbocycles. The number of hydrogen-bond donors (Lipinski definition) is 0. The van der Waals surface area contributed by atoms with Crippen LogP contribution in [0.3, 0.4) is 0 Å². The van der Waals surface area contributed by atoms with Crippen molar-refractivity contribution in [3.8, 4) is 5.75 Å². The molecule has 0 atom stereocenters. The summed E-state index contributed by atoms with van der Waals surface area (Å²) in [6.07, 6.45) is 3.92. The average molecular weight is 257 g/mol. The fraction of sp³-hybridized carbons (Fsp3) is 0.333. The summed E-state index contributed by atoms with van der Waals surface area (Å²) in [6, 6.07) is 1.71. The standard InChI is InChI=1S/C9H9BrN2O2/c10-7-4-8(6-11-5-7)14-9(13)12-2-1-3-12/h4-6H,1-3H2. The number of aromatic nitrogens is 1. The molecular formula is C9H9BrN2O2. The zero-order valence-electron chi connectivity index (χ0n) is 7.44. The number of likely N-dealkylation sites (tertiary alicyclic amines) is 1. The van der Waals surface area contributed by atoms with Crippen LogP contribution in [0.15, 0.2) is 22.9 Å². The van der Waals surface area contributed by atoms with Crippen molar-refractivity contribution in [2.24, 2.45) is 0 Å². The van der Waals surface area contributed by atoms with E-state index in [0.29, 0.717) is 5.75 Å². The van der Waals surface area contributed by atoms with Gasteiger partial charge in [0.1, 0.15) is 0 Å². The van der Waals surface area contributed by atoms with Gasteiger partial charge in [0.2, 0.25) is 0 Å². The summed E-state index contributed by atoms with van der Waals surface area (Å²) in [6.45, 7) is 1.58. The minimum absolute atomic E-state index is 0.295. The highest BCUT2D eigenvalue weighted by Crippen LogP contribution is 2.17. The summed E-state index contributed by atoms with van der Waals surface area (Å²) in [4.78, 5) is 16.9. The zero-order chi connectivity index (χ0) is 9.97. The normalized spacial score (nSPS) is 14.8. The van der Waals surface area contributed by atoms with E-state index < -0.39 is 0 Å². The number of amides is 1. The summed E-state index contributed by atoms with van der Waals surface area (Å²) in [5.41, 5.74) is 0. The van der Waals surface area contributed by atoms with E-state index in [4.69, 9.17) is 4.74 Å². The maximum absolute atomic E-state index is 11.4. The molecule has 5 heteroatoms. The van der Waals surface area contributed by atoms with Gasteiger partial charge >= 0.3 is 6.09 Å². The van der Waals surface area contributed by atoms with Crippen LogP contribution in [0.25, 0.3) is 0 Å². The highest BCUT2D eigenvalue weighted by atomic mass is 79.9. The Kier molecular flexibility index (Phi) is 2.67. The predicted molar refractivity (Wildman–Crippen MR) is 54.2 cm³/mol. The van der Waals surface area contributed by atoms with E-state index in [1.54, 1.807) is 17.2 Å². The molecule has 0 radical (unpaired) electrons. The van der Waals surface area contributed by atoms with E-state index in [0.717, 1.165) is 24.0 Å². The first kappa shape index (κ1) is 9.45. The molecule has 74 valence electrons. The molecule has 1 aliphatic heterocycles. The third kappa shape index (κ3) is 2.04. The molecule has 0 N–H and O–H groups in total. The van der Waals surface area contributed by atoms with Gasteiger partial charge in [-0.25, -0.2) is 4.79 Å². The van der Waals surface area contributed by atoms with Crippen LogP contribution < -0.4 is 4.74 Å². The van der Waals surface area contributed by atoms with Crippen molar-refractivity contribution in [1.29, 1.82) is 0 Å². The number of ether oxygens (including phenoxy) is 1. The number of carbonyl (C=O) groups is 1. The summed E-state index contributed by atoms with van der Waals surface area (Å²) in [7, 11) is 0. The van der Waals surface area contributed by atoms with E-state index >= 15 is 0 Å². The molecule has 0 spiro atoms. The van der Waals surface area contributed by atoms with Crippen LogP contribution in [0.2, 0.25) is 0 Å². The largest absolute Gasteiger partial charge is 0.415 e. The van der Waals surface area contributed by atoms with Crippen molar-refractivity contribution in [1.82, 2.24) is 9.88 Å². The molecule has 1 fully saturated rings. The SMILES string of the molecule is O=C(Oc1cncc(Br)c1)N1CCC1. The molecule has 14 heavy (non-hydrogen) atoms. The van der Waals surface area contributed by atoms with Crippen LogP contribution in [0.4, 0.5) is 4.79 Å². The average Bonchev–Trinajstić information content (AvgIpc) is 1.99. The maximum atomic E-state index is 11.4. The van der Waals surface area contributed by atoms with Crippen molar-refractivity contribution in [2.75, 3.05) is 13.1 Å². The Morgan fingerprint density at radius 3 is 2.86 bits per heavy atom. The lowest BCUT2D eigenvalue weighted by Crippen LogP contribution is -2.43. The third-order valence-corrected chi connectivity index (χ3v) is 2.43. The van der Waals surface area contributed by atoms with Crippen LogP contribution in [0, 0.1) is 0 Å². The lowest BCUT2D eigenvalue weighted by atomic mass is 10.2. The fourth-order valence-corrected chi connectivity index (χ4v) is 1.46. The first-order valence-corrected chi connectivity index (χ1v) is 5.12. The maximum Gasteiger partial charge on any atom is 0.415 e. The summed E-state index contributed by atoms with van der Waals surface area (Å²) >= 11 is 3.25. The van der Waals surface area contributed by atoms with Crippen LogP contribution in [0.5, 0.6) is 5.75 Å². The molecule has 4 nitrogen and oxygen atoms in total. The Morgan fingerprint density at radius 2 is 2.29 bits per heavy atom. The Bertz CT molecular complexity index is 352. The quantitative estimate of drug-likeness (QED) is 0.773. The Balaban J connectivity index is 1.99. The first-order chi connectivity index (χ1) is 6.75. The highest BCUT2D eigenvalue weighted by Gasteiger charge is 2.21. The second-order valence-corrected chi connectivity index (χ2v) is 3.96. The van der Waals surface area contributed by atoms with Crippen molar-refractivity contribution in [2.45, 2.75) is 6.42 Å². The predicted octanol–water partition coefficient (Wildman–Crippen LogP) is 2.05. The summed E-state index contributed by atoms with van der Waals surface area (Å²) < 4.78 is 5.89. The number of hydrogen-bond acceptors (Lipinski definition) is 3. The molecule has 1 saturated heterocycles. The van der Waals surface area contributed by atoms with Gasteiger partial charge in [-0.3, -0.25) is 4.98 Å². The lowest BCUT2D eigenvalue weighted by molar-refractivity contribution is 0.125. The molecule has 0 bridgehead atoms. The van der Waals surface area contributed by atoms with Gasteiger partial charge in [0, 0.05) is 23.8 Å². The van der Waals surface area contributed by atoms with Crippen LogP contribution in [-0.2, 0) is 0 Å². The van der Waals surface area contributed by atoms with Crippen molar-refractivity contribution >= 4 is 22.0 Å². The Labute approximate surface area is 90.0 Å². The molecule has 2 heterocycles. The lowest BCUT2D eigenvalue weighted by Gasteiger charge is -2.29. The highest BCUT2D eigenvalue weighted by molar-refractivity contribution is 9.10. The zero-order valence-corrected chi connectivity index (χ0v) is 9.03. The molecule has 0 unspecified atom stereocenters. The molecule has 0 aliphatic carbocycles. The number of halogens is 1. The Hall–Kier alpha value is -1.10. The Morgan fingerprint density at radius 1 is 1.50 bits per heavy atom. The van der Waals surface area contributed by atoms with E-state index in [9.17, 15) is 4.79 Å². The van der Waals surface area contributed by atoms with Crippen molar-refractivity contribution in [3.63, 3.8) is 0 Å². The van der Waals surface area contributed by atoms with Gasteiger partial charge in [-0.1, -0.05) is 0 Å². The van der Waals surface area contributed by atoms with Gasteiger partial charge < -0.3 is 9.64 Å². The molecule has 1 aromatic rings. The molecule has 1 aromatic heterocycles.